The van der Waals surface area contributed by atoms with Crippen LogP contribution in [-0.2, 0) is 0 Å². The number of piperidine rings is 1. The summed E-state index contributed by atoms with van der Waals surface area (Å²) in [4.78, 5) is 2.41. The average molecular weight is 179 g/mol. The normalized spacial score (nSPS) is 21.7. The molecule has 1 fully saturated rings. The van der Waals surface area contributed by atoms with E-state index in [1.807, 2.05) is 0 Å². The van der Waals surface area contributed by atoms with E-state index in [2.05, 4.69) is 38.3 Å². The van der Waals surface area contributed by atoms with E-state index in [4.69, 9.17) is 0 Å². The number of hydrogen-bond donors (Lipinski definition) is 0. The average Bonchev–Trinajstić information content (AvgIpc) is 2.08. The van der Waals surface area contributed by atoms with Crippen molar-refractivity contribution in [1.82, 2.24) is 4.90 Å². The summed E-state index contributed by atoms with van der Waals surface area (Å²) in [5, 5.41) is 0. The Bertz CT molecular complexity index is 213. The van der Waals surface area contributed by atoms with Crippen LogP contribution in [0.4, 0.5) is 0 Å². The fraction of sp³-hybridized carbons (Fsp3) is 0.667. The van der Waals surface area contributed by atoms with Crippen LogP contribution in [0, 0.1) is 0 Å². The maximum absolute atomic E-state index is 4.17. The molecule has 0 unspecified atom stereocenters. The Morgan fingerprint density at radius 2 is 2.23 bits per heavy atom. The summed E-state index contributed by atoms with van der Waals surface area (Å²) in [5.41, 5.74) is 2.71. The molecule has 0 aromatic heterocycles. The number of hydrogen-bond acceptors (Lipinski definition) is 1. The van der Waals surface area contributed by atoms with Crippen molar-refractivity contribution in [3.8, 4) is 0 Å². The summed E-state index contributed by atoms with van der Waals surface area (Å²) in [5.74, 6) is 0. The Morgan fingerprint density at radius 1 is 1.54 bits per heavy atom. The lowest BCUT2D eigenvalue weighted by Crippen LogP contribution is -2.34. The highest BCUT2D eigenvalue weighted by molar-refractivity contribution is 5.29. The molecule has 1 saturated heterocycles. The van der Waals surface area contributed by atoms with Crippen molar-refractivity contribution in [2.24, 2.45) is 0 Å². The largest absolute Gasteiger partial charge is 0.369 e. The van der Waals surface area contributed by atoms with Gasteiger partial charge in [0.1, 0.15) is 0 Å². The Morgan fingerprint density at radius 3 is 2.77 bits per heavy atom. The van der Waals surface area contributed by atoms with E-state index in [0.717, 1.165) is 6.42 Å². The third kappa shape index (κ3) is 2.36. The van der Waals surface area contributed by atoms with Crippen LogP contribution in [0.3, 0.4) is 0 Å². The fourth-order valence-corrected chi connectivity index (χ4v) is 1.94. The van der Waals surface area contributed by atoms with E-state index in [1.54, 1.807) is 0 Å². The zero-order chi connectivity index (χ0) is 9.84. The van der Waals surface area contributed by atoms with Crippen molar-refractivity contribution in [1.29, 1.82) is 0 Å². The van der Waals surface area contributed by atoms with Crippen molar-refractivity contribution in [2.75, 3.05) is 6.54 Å². The zero-order valence-corrected chi connectivity index (χ0v) is 9.14. The van der Waals surface area contributed by atoms with Crippen molar-refractivity contribution >= 4 is 0 Å². The minimum atomic E-state index is 0.591. The highest BCUT2D eigenvalue weighted by atomic mass is 15.2. The van der Waals surface area contributed by atoms with E-state index in [-0.39, 0.29) is 0 Å². The molecule has 74 valence electrons. The first kappa shape index (κ1) is 10.4. The molecule has 1 heterocycles. The maximum atomic E-state index is 4.17. The molecule has 1 rings (SSSR count). The molecule has 1 aliphatic rings. The van der Waals surface area contributed by atoms with E-state index >= 15 is 0 Å². The summed E-state index contributed by atoms with van der Waals surface area (Å²) in [6.07, 6.45) is 5.94. The van der Waals surface area contributed by atoms with E-state index in [0.29, 0.717) is 6.04 Å². The van der Waals surface area contributed by atoms with Gasteiger partial charge in [-0.15, -0.1) is 0 Å². The molecule has 0 spiro atoms. The molecule has 0 saturated carbocycles. The van der Waals surface area contributed by atoms with Crippen LogP contribution in [-0.4, -0.2) is 17.5 Å². The fourth-order valence-electron chi connectivity index (χ4n) is 1.94. The molecule has 0 radical (unpaired) electrons. The van der Waals surface area contributed by atoms with Crippen molar-refractivity contribution < 1.29 is 0 Å². The maximum Gasteiger partial charge on any atom is 0.0324 e. The van der Waals surface area contributed by atoms with Gasteiger partial charge >= 0.3 is 0 Å². The van der Waals surface area contributed by atoms with Gasteiger partial charge in [-0.25, -0.2) is 0 Å². The van der Waals surface area contributed by atoms with Gasteiger partial charge in [-0.3, -0.25) is 0 Å². The van der Waals surface area contributed by atoms with Gasteiger partial charge in [0, 0.05) is 18.3 Å². The summed E-state index contributed by atoms with van der Waals surface area (Å²) in [7, 11) is 0. The van der Waals surface area contributed by atoms with Crippen LogP contribution in [0.5, 0.6) is 0 Å². The van der Waals surface area contributed by atoms with Gasteiger partial charge < -0.3 is 4.90 Å². The lowest BCUT2D eigenvalue weighted by atomic mass is 9.99. The van der Waals surface area contributed by atoms with Crippen LogP contribution in [0.1, 0.15) is 40.0 Å². The SMILES string of the molecule is C=C1/C(=C\CC)CCCN1C(C)C. The Balaban J connectivity index is 2.72. The Hall–Kier alpha value is -0.720. The molecule has 0 aliphatic carbocycles. The van der Waals surface area contributed by atoms with Crippen LogP contribution in [0.25, 0.3) is 0 Å². The summed E-state index contributed by atoms with van der Waals surface area (Å²) >= 11 is 0. The topological polar surface area (TPSA) is 3.24 Å². The van der Waals surface area contributed by atoms with Crippen LogP contribution in [0.15, 0.2) is 23.9 Å². The molecule has 0 amide bonds. The van der Waals surface area contributed by atoms with Crippen molar-refractivity contribution in [3.63, 3.8) is 0 Å². The Labute approximate surface area is 82.1 Å². The lowest BCUT2D eigenvalue weighted by Gasteiger charge is -2.36. The van der Waals surface area contributed by atoms with Gasteiger partial charge in [-0.1, -0.05) is 19.6 Å². The standard InChI is InChI=1S/C12H21N/c1-5-7-12-8-6-9-13(10(2)3)11(12)4/h7,10H,4-6,8-9H2,1-3H3/b12-7-. The molecule has 13 heavy (non-hydrogen) atoms. The molecule has 1 nitrogen and oxygen atoms in total. The molecular weight excluding hydrogens is 158 g/mol. The molecule has 1 heteroatoms. The number of likely N-dealkylation sites (tertiary alicyclic amines) is 1. The quantitative estimate of drug-likeness (QED) is 0.628. The predicted octanol–water partition coefficient (Wildman–Crippen LogP) is 3.34. The highest BCUT2D eigenvalue weighted by Gasteiger charge is 2.18. The Kier molecular flexibility index (Phi) is 3.58. The van der Waals surface area contributed by atoms with Crippen molar-refractivity contribution in [2.45, 2.75) is 46.1 Å². The molecule has 0 atom stereocenters. The minimum Gasteiger partial charge on any atom is -0.369 e. The summed E-state index contributed by atoms with van der Waals surface area (Å²) < 4.78 is 0. The minimum absolute atomic E-state index is 0.591. The summed E-state index contributed by atoms with van der Waals surface area (Å²) in [6.45, 7) is 12.0. The first-order valence-corrected chi connectivity index (χ1v) is 5.31. The summed E-state index contributed by atoms with van der Waals surface area (Å²) in [6, 6.07) is 0.591. The predicted molar refractivity (Wildman–Crippen MR) is 58.6 cm³/mol. The second-order valence-corrected chi connectivity index (χ2v) is 3.98. The van der Waals surface area contributed by atoms with Crippen molar-refractivity contribution in [3.05, 3.63) is 23.9 Å². The molecule has 0 bridgehead atoms. The second-order valence-electron chi connectivity index (χ2n) is 3.98. The number of rotatable bonds is 2. The van der Waals surface area contributed by atoms with Crippen LogP contribution in [0.2, 0.25) is 0 Å². The van der Waals surface area contributed by atoms with Crippen LogP contribution < -0.4 is 0 Å². The molecular formula is C12H21N. The number of nitrogens with zero attached hydrogens (tertiary/aromatic N) is 1. The van der Waals surface area contributed by atoms with Crippen LogP contribution >= 0.6 is 0 Å². The number of allylic oxidation sites excluding steroid dienone is 2. The molecule has 0 N–H and O–H groups in total. The van der Waals surface area contributed by atoms with E-state index < -0.39 is 0 Å². The molecule has 1 aliphatic heterocycles. The lowest BCUT2D eigenvalue weighted by molar-refractivity contribution is 0.267. The van der Waals surface area contributed by atoms with Gasteiger partial charge in [0.15, 0.2) is 0 Å². The van der Waals surface area contributed by atoms with Gasteiger partial charge in [0.25, 0.3) is 0 Å². The highest BCUT2D eigenvalue weighted by Crippen LogP contribution is 2.26. The van der Waals surface area contributed by atoms with Gasteiger partial charge in [-0.2, -0.15) is 0 Å². The first-order valence-electron chi connectivity index (χ1n) is 5.31. The van der Waals surface area contributed by atoms with E-state index in [9.17, 15) is 0 Å². The third-order valence-corrected chi connectivity index (χ3v) is 2.64. The molecule has 0 aromatic carbocycles. The third-order valence-electron chi connectivity index (χ3n) is 2.64. The van der Waals surface area contributed by atoms with Gasteiger partial charge in [-0.05, 0) is 38.7 Å². The smallest absolute Gasteiger partial charge is 0.0324 e. The second kappa shape index (κ2) is 4.50. The zero-order valence-electron chi connectivity index (χ0n) is 9.14. The first-order chi connectivity index (χ1) is 6.16. The van der Waals surface area contributed by atoms with Gasteiger partial charge in [0.2, 0.25) is 0 Å². The van der Waals surface area contributed by atoms with E-state index in [1.165, 1.54) is 30.7 Å². The van der Waals surface area contributed by atoms with Gasteiger partial charge in [0.05, 0.1) is 0 Å². The monoisotopic (exact) mass is 179 g/mol. The molecule has 0 aromatic rings.